The summed E-state index contributed by atoms with van der Waals surface area (Å²) in [6.07, 6.45) is 5.34. The van der Waals surface area contributed by atoms with Crippen LogP contribution in [-0.4, -0.2) is 33.5 Å². The second kappa shape index (κ2) is 6.99. The predicted octanol–water partition coefficient (Wildman–Crippen LogP) is 2.32. The standard InChI is InChI=1S/C17H19N5O2/c1-12-9-14(13(2)24-12)17(23)19-6-5-18-15-10-16(21-11-20-15)22-7-3-4-8-22/h3-4,7-11H,5-6H2,1-2H3,(H,19,23)(H,18,20,21). The first kappa shape index (κ1) is 15.8. The molecule has 7 nitrogen and oxygen atoms in total. The summed E-state index contributed by atoms with van der Waals surface area (Å²) in [5.41, 5.74) is 0.574. The molecule has 7 heteroatoms. The van der Waals surface area contributed by atoms with Gasteiger partial charge in [0.25, 0.3) is 5.91 Å². The van der Waals surface area contributed by atoms with Gasteiger partial charge in [0, 0.05) is 31.5 Å². The van der Waals surface area contributed by atoms with Crippen LogP contribution in [0.1, 0.15) is 21.9 Å². The Morgan fingerprint density at radius 2 is 1.96 bits per heavy atom. The summed E-state index contributed by atoms with van der Waals surface area (Å²) in [4.78, 5) is 20.5. The van der Waals surface area contributed by atoms with E-state index in [1.807, 2.05) is 42.1 Å². The minimum atomic E-state index is -0.137. The lowest BCUT2D eigenvalue weighted by molar-refractivity contribution is 0.0953. The summed E-state index contributed by atoms with van der Waals surface area (Å²) in [6, 6.07) is 7.46. The Kier molecular flexibility index (Phi) is 4.60. The molecule has 0 aliphatic carbocycles. The van der Waals surface area contributed by atoms with E-state index in [9.17, 15) is 4.79 Å². The highest BCUT2D eigenvalue weighted by molar-refractivity contribution is 5.95. The van der Waals surface area contributed by atoms with Gasteiger partial charge in [-0.2, -0.15) is 0 Å². The maximum atomic E-state index is 12.1. The highest BCUT2D eigenvalue weighted by atomic mass is 16.3. The number of carbonyl (C=O) groups is 1. The molecule has 0 aliphatic heterocycles. The van der Waals surface area contributed by atoms with E-state index in [1.54, 1.807) is 13.0 Å². The lowest BCUT2D eigenvalue weighted by Crippen LogP contribution is -2.29. The van der Waals surface area contributed by atoms with Gasteiger partial charge in [-0.3, -0.25) is 4.79 Å². The van der Waals surface area contributed by atoms with Crippen LogP contribution in [0.25, 0.3) is 5.82 Å². The molecule has 1 amide bonds. The number of hydrogen-bond donors (Lipinski definition) is 2. The fraction of sp³-hybridized carbons (Fsp3) is 0.235. The van der Waals surface area contributed by atoms with Gasteiger partial charge in [0.05, 0.1) is 5.56 Å². The van der Waals surface area contributed by atoms with Crippen LogP contribution < -0.4 is 10.6 Å². The van der Waals surface area contributed by atoms with Crippen molar-refractivity contribution in [1.29, 1.82) is 0 Å². The van der Waals surface area contributed by atoms with E-state index < -0.39 is 0 Å². The fourth-order valence-electron chi connectivity index (χ4n) is 2.39. The molecule has 24 heavy (non-hydrogen) atoms. The number of nitrogens with one attached hydrogen (secondary N) is 2. The number of anilines is 1. The lowest BCUT2D eigenvalue weighted by Gasteiger charge is -2.08. The molecule has 3 aromatic rings. The Morgan fingerprint density at radius 3 is 2.67 bits per heavy atom. The van der Waals surface area contributed by atoms with Crippen molar-refractivity contribution in [1.82, 2.24) is 19.9 Å². The van der Waals surface area contributed by atoms with Crippen LogP contribution in [0.4, 0.5) is 5.82 Å². The van der Waals surface area contributed by atoms with E-state index in [0.717, 1.165) is 11.6 Å². The number of rotatable bonds is 6. The molecule has 0 fully saturated rings. The molecule has 2 N–H and O–H groups in total. The van der Waals surface area contributed by atoms with E-state index in [1.165, 1.54) is 6.33 Å². The highest BCUT2D eigenvalue weighted by Gasteiger charge is 2.12. The molecule has 0 aromatic carbocycles. The smallest absolute Gasteiger partial charge is 0.254 e. The quantitative estimate of drug-likeness (QED) is 0.679. The Morgan fingerprint density at radius 1 is 1.17 bits per heavy atom. The van der Waals surface area contributed by atoms with Crippen LogP contribution in [0.3, 0.4) is 0 Å². The molecule has 0 radical (unpaired) electrons. The van der Waals surface area contributed by atoms with Crippen LogP contribution in [0.2, 0.25) is 0 Å². The summed E-state index contributed by atoms with van der Waals surface area (Å²) in [6.45, 7) is 4.64. The summed E-state index contributed by atoms with van der Waals surface area (Å²) in [5.74, 6) is 2.71. The second-order valence-corrected chi connectivity index (χ2v) is 5.36. The molecular formula is C17H19N5O2. The topological polar surface area (TPSA) is 85.0 Å². The Balaban J connectivity index is 1.51. The zero-order valence-corrected chi connectivity index (χ0v) is 13.6. The predicted molar refractivity (Wildman–Crippen MR) is 90.4 cm³/mol. The van der Waals surface area contributed by atoms with Gasteiger partial charge >= 0.3 is 0 Å². The lowest BCUT2D eigenvalue weighted by atomic mass is 10.2. The minimum Gasteiger partial charge on any atom is -0.466 e. The van der Waals surface area contributed by atoms with E-state index >= 15 is 0 Å². The van der Waals surface area contributed by atoms with Gasteiger partial charge in [-0.1, -0.05) is 0 Å². The van der Waals surface area contributed by atoms with Crippen molar-refractivity contribution >= 4 is 11.7 Å². The molecule has 3 heterocycles. The number of aromatic nitrogens is 3. The average molecular weight is 325 g/mol. The Bertz CT molecular complexity index is 823. The number of nitrogens with zero attached hydrogens (tertiary/aromatic N) is 3. The third-order valence-electron chi connectivity index (χ3n) is 3.52. The zero-order chi connectivity index (χ0) is 16.9. The Hall–Kier alpha value is -3.09. The van der Waals surface area contributed by atoms with Gasteiger partial charge < -0.3 is 19.6 Å². The highest BCUT2D eigenvalue weighted by Crippen LogP contribution is 2.13. The molecule has 0 saturated carbocycles. The molecule has 124 valence electrons. The number of amides is 1. The van der Waals surface area contributed by atoms with Crippen LogP contribution in [0, 0.1) is 13.8 Å². The van der Waals surface area contributed by atoms with Crippen LogP contribution in [0.5, 0.6) is 0 Å². The van der Waals surface area contributed by atoms with Gasteiger partial charge in [0.2, 0.25) is 0 Å². The van der Waals surface area contributed by atoms with Gasteiger partial charge in [-0.25, -0.2) is 9.97 Å². The maximum Gasteiger partial charge on any atom is 0.254 e. The van der Waals surface area contributed by atoms with Crippen molar-refractivity contribution < 1.29 is 9.21 Å². The summed E-state index contributed by atoms with van der Waals surface area (Å²) in [7, 11) is 0. The number of carbonyl (C=O) groups excluding carboxylic acids is 1. The van der Waals surface area contributed by atoms with Crippen molar-refractivity contribution in [2.75, 3.05) is 18.4 Å². The van der Waals surface area contributed by atoms with E-state index in [4.69, 9.17) is 4.42 Å². The van der Waals surface area contributed by atoms with E-state index in [-0.39, 0.29) is 5.91 Å². The summed E-state index contributed by atoms with van der Waals surface area (Å²) >= 11 is 0. The van der Waals surface area contributed by atoms with Crippen LogP contribution >= 0.6 is 0 Å². The SMILES string of the molecule is Cc1cc(C(=O)NCCNc2cc(-n3cccc3)ncn2)c(C)o1. The Labute approximate surface area is 139 Å². The third-order valence-corrected chi connectivity index (χ3v) is 3.52. The molecule has 0 aliphatic rings. The number of hydrogen-bond acceptors (Lipinski definition) is 5. The molecule has 3 aromatic heterocycles. The molecule has 3 rings (SSSR count). The molecule has 0 bridgehead atoms. The monoisotopic (exact) mass is 325 g/mol. The second-order valence-electron chi connectivity index (χ2n) is 5.36. The van der Waals surface area contributed by atoms with Crippen molar-refractivity contribution in [3.05, 3.63) is 60.1 Å². The van der Waals surface area contributed by atoms with Crippen LogP contribution in [-0.2, 0) is 0 Å². The third kappa shape index (κ3) is 3.62. The van der Waals surface area contributed by atoms with E-state index in [2.05, 4.69) is 20.6 Å². The minimum absolute atomic E-state index is 0.137. The molecule has 0 saturated heterocycles. The first-order valence-corrected chi connectivity index (χ1v) is 7.68. The summed E-state index contributed by atoms with van der Waals surface area (Å²) < 4.78 is 7.27. The van der Waals surface area contributed by atoms with Gasteiger partial charge in [-0.15, -0.1) is 0 Å². The summed E-state index contributed by atoms with van der Waals surface area (Å²) in [5, 5.41) is 6.03. The van der Waals surface area contributed by atoms with Crippen molar-refractivity contribution in [2.45, 2.75) is 13.8 Å². The van der Waals surface area contributed by atoms with Gasteiger partial charge in [0.1, 0.15) is 29.5 Å². The van der Waals surface area contributed by atoms with Crippen LogP contribution in [0.15, 0.2) is 47.4 Å². The number of furan rings is 1. The fourth-order valence-corrected chi connectivity index (χ4v) is 2.39. The van der Waals surface area contributed by atoms with Gasteiger partial charge in [0.15, 0.2) is 0 Å². The van der Waals surface area contributed by atoms with Gasteiger partial charge in [-0.05, 0) is 32.0 Å². The molecule has 0 atom stereocenters. The molecule has 0 unspecified atom stereocenters. The maximum absolute atomic E-state index is 12.1. The largest absolute Gasteiger partial charge is 0.466 e. The first-order valence-electron chi connectivity index (χ1n) is 7.68. The van der Waals surface area contributed by atoms with Crippen molar-refractivity contribution in [3.63, 3.8) is 0 Å². The first-order chi connectivity index (χ1) is 11.6. The normalized spacial score (nSPS) is 10.6. The van der Waals surface area contributed by atoms with E-state index in [0.29, 0.717) is 30.2 Å². The number of aryl methyl sites for hydroxylation is 2. The average Bonchev–Trinajstić information content (AvgIpc) is 3.21. The zero-order valence-electron chi connectivity index (χ0n) is 13.6. The molecular weight excluding hydrogens is 306 g/mol. The van der Waals surface area contributed by atoms with Crippen molar-refractivity contribution in [3.8, 4) is 5.82 Å². The molecule has 0 spiro atoms. The van der Waals surface area contributed by atoms with Crippen molar-refractivity contribution in [2.24, 2.45) is 0 Å².